The number of amides is 1. The van der Waals surface area contributed by atoms with Crippen molar-refractivity contribution < 1.29 is 14.6 Å². The van der Waals surface area contributed by atoms with E-state index in [1.165, 1.54) is 6.07 Å². The van der Waals surface area contributed by atoms with Gasteiger partial charge in [-0.2, -0.15) is 0 Å². The summed E-state index contributed by atoms with van der Waals surface area (Å²) in [6, 6.07) is 4.80. The molecule has 0 radical (unpaired) electrons. The maximum absolute atomic E-state index is 12.6. The predicted octanol–water partition coefficient (Wildman–Crippen LogP) is 2.37. The fourth-order valence-electron chi connectivity index (χ4n) is 2.68. The normalized spacial score (nSPS) is 19.1. The first-order chi connectivity index (χ1) is 9.95. The van der Waals surface area contributed by atoms with E-state index in [1.807, 2.05) is 13.8 Å². The topological polar surface area (TPSA) is 70.6 Å². The molecule has 0 aromatic heterocycles. The summed E-state index contributed by atoms with van der Waals surface area (Å²) in [7, 11) is 1.55. The summed E-state index contributed by atoms with van der Waals surface area (Å²) in [5.74, 6) is 0.848. The molecule has 1 aromatic rings. The zero-order valence-electron chi connectivity index (χ0n) is 12.9. The number of methoxy groups -OCH3 is 1. The summed E-state index contributed by atoms with van der Waals surface area (Å²) in [6.45, 7) is 5.78. The number of hydrogen-bond acceptors (Lipinski definition) is 4. The Morgan fingerprint density at radius 2 is 2.24 bits per heavy atom. The van der Waals surface area contributed by atoms with Crippen LogP contribution in [0.5, 0.6) is 11.5 Å². The molecule has 5 nitrogen and oxygen atoms in total. The third-order valence-corrected chi connectivity index (χ3v) is 4.35. The Bertz CT molecular complexity index is 508. The van der Waals surface area contributed by atoms with E-state index in [2.05, 4.69) is 10.6 Å². The number of carbonyl (C=O) groups is 1. The van der Waals surface area contributed by atoms with Gasteiger partial charge in [0.25, 0.3) is 0 Å². The lowest BCUT2D eigenvalue weighted by molar-refractivity contribution is -0.127. The van der Waals surface area contributed by atoms with Gasteiger partial charge >= 0.3 is 0 Å². The minimum atomic E-state index is -0.497. The Kier molecular flexibility index (Phi) is 4.73. The van der Waals surface area contributed by atoms with Crippen molar-refractivity contribution >= 4 is 11.6 Å². The van der Waals surface area contributed by atoms with Gasteiger partial charge < -0.3 is 20.5 Å². The van der Waals surface area contributed by atoms with E-state index in [1.54, 1.807) is 19.2 Å². The van der Waals surface area contributed by atoms with Crippen LogP contribution in [0, 0.1) is 11.3 Å². The fraction of sp³-hybridized carbons (Fsp3) is 0.562. The lowest BCUT2D eigenvalue weighted by Crippen LogP contribution is -2.44. The number of hydrogen-bond donors (Lipinski definition) is 3. The van der Waals surface area contributed by atoms with Crippen molar-refractivity contribution in [2.45, 2.75) is 26.7 Å². The van der Waals surface area contributed by atoms with Gasteiger partial charge in [-0.1, -0.05) is 13.8 Å². The predicted molar refractivity (Wildman–Crippen MR) is 82.7 cm³/mol. The average Bonchev–Trinajstić information content (AvgIpc) is 2.50. The zero-order chi connectivity index (χ0) is 15.5. The molecule has 0 spiro atoms. The van der Waals surface area contributed by atoms with E-state index in [-0.39, 0.29) is 11.7 Å². The molecule has 1 heterocycles. The molecule has 1 fully saturated rings. The number of rotatable bonds is 4. The van der Waals surface area contributed by atoms with Gasteiger partial charge in [0.05, 0.1) is 12.8 Å². The highest BCUT2D eigenvalue weighted by molar-refractivity contribution is 5.96. The largest absolute Gasteiger partial charge is 0.506 e. The Labute approximate surface area is 125 Å². The van der Waals surface area contributed by atoms with Gasteiger partial charge in [-0.15, -0.1) is 0 Å². The molecule has 1 amide bonds. The van der Waals surface area contributed by atoms with Crippen LogP contribution in [0.15, 0.2) is 18.2 Å². The number of ether oxygens (including phenoxy) is 1. The molecule has 1 atom stereocenters. The number of piperidine rings is 1. The van der Waals surface area contributed by atoms with Crippen LogP contribution in [0.3, 0.4) is 0 Å². The molecule has 5 heteroatoms. The van der Waals surface area contributed by atoms with Gasteiger partial charge in [-0.25, -0.2) is 0 Å². The first kappa shape index (κ1) is 15.6. The van der Waals surface area contributed by atoms with Crippen LogP contribution in [-0.2, 0) is 4.79 Å². The summed E-state index contributed by atoms with van der Waals surface area (Å²) < 4.78 is 5.12. The van der Waals surface area contributed by atoms with Crippen LogP contribution in [0.1, 0.15) is 26.7 Å². The second kappa shape index (κ2) is 6.35. The first-order valence-corrected chi connectivity index (χ1v) is 7.34. The van der Waals surface area contributed by atoms with Gasteiger partial charge in [0.2, 0.25) is 5.91 Å². The number of nitrogens with one attached hydrogen (secondary N) is 2. The van der Waals surface area contributed by atoms with Crippen molar-refractivity contribution in [2.24, 2.45) is 11.3 Å². The van der Waals surface area contributed by atoms with Crippen molar-refractivity contribution in [1.82, 2.24) is 5.32 Å². The molecule has 2 rings (SSSR count). The molecule has 1 saturated heterocycles. The Morgan fingerprint density at radius 3 is 2.86 bits per heavy atom. The van der Waals surface area contributed by atoms with Crippen molar-refractivity contribution in [3.05, 3.63) is 18.2 Å². The van der Waals surface area contributed by atoms with E-state index in [4.69, 9.17) is 4.74 Å². The van der Waals surface area contributed by atoms with Crippen LogP contribution in [0.25, 0.3) is 0 Å². The van der Waals surface area contributed by atoms with Crippen LogP contribution in [0.2, 0.25) is 0 Å². The highest BCUT2D eigenvalue weighted by atomic mass is 16.5. The number of benzene rings is 1. The maximum Gasteiger partial charge on any atom is 0.230 e. The Morgan fingerprint density at radius 1 is 1.48 bits per heavy atom. The van der Waals surface area contributed by atoms with Crippen LogP contribution in [0.4, 0.5) is 5.69 Å². The SMILES string of the molecule is COc1ccc(O)c(NC(=O)C(C)(C)C2CCCNC2)c1. The number of phenols is 1. The summed E-state index contributed by atoms with van der Waals surface area (Å²) in [5.41, 5.74) is -0.112. The number of anilines is 1. The number of phenolic OH excluding ortho intramolecular Hbond substituents is 1. The van der Waals surface area contributed by atoms with Gasteiger partial charge in [0, 0.05) is 11.5 Å². The molecule has 116 valence electrons. The van der Waals surface area contributed by atoms with Crippen LogP contribution < -0.4 is 15.4 Å². The molecule has 1 aliphatic rings. The third kappa shape index (κ3) is 3.47. The van der Waals surface area contributed by atoms with Crippen molar-refractivity contribution in [3.8, 4) is 11.5 Å². The van der Waals surface area contributed by atoms with Gasteiger partial charge in [0.15, 0.2) is 0 Å². The third-order valence-electron chi connectivity index (χ3n) is 4.35. The molecule has 0 aliphatic carbocycles. The first-order valence-electron chi connectivity index (χ1n) is 7.34. The second-order valence-electron chi connectivity index (χ2n) is 6.10. The fourth-order valence-corrected chi connectivity index (χ4v) is 2.68. The lowest BCUT2D eigenvalue weighted by atomic mass is 9.74. The Hall–Kier alpha value is -1.75. The zero-order valence-corrected chi connectivity index (χ0v) is 12.9. The molecule has 1 aliphatic heterocycles. The smallest absolute Gasteiger partial charge is 0.230 e. The monoisotopic (exact) mass is 292 g/mol. The molecule has 0 bridgehead atoms. The molecular weight excluding hydrogens is 268 g/mol. The van der Waals surface area contributed by atoms with Crippen LogP contribution >= 0.6 is 0 Å². The van der Waals surface area contributed by atoms with Crippen molar-refractivity contribution in [1.29, 1.82) is 0 Å². The standard InChI is InChI=1S/C16H24N2O3/c1-16(2,11-5-4-8-17-10-11)15(20)18-13-9-12(21-3)6-7-14(13)19/h6-7,9,11,17,19H,4-5,8,10H2,1-3H3,(H,18,20). The molecular formula is C16H24N2O3. The highest BCUT2D eigenvalue weighted by Gasteiger charge is 2.37. The van der Waals surface area contributed by atoms with Crippen molar-refractivity contribution in [2.75, 3.05) is 25.5 Å². The van der Waals surface area contributed by atoms with Crippen LogP contribution in [-0.4, -0.2) is 31.2 Å². The molecule has 21 heavy (non-hydrogen) atoms. The van der Waals surface area contributed by atoms with E-state index >= 15 is 0 Å². The summed E-state index contributed by atoms with van der Waals surface area (Å²) >= 11 is 0. The van der Waals surface area contributed by atoms with Gasteiger partial charge in [-0.05, 0) is 44.0 Å². The Balaban J connectivity index is 2.12. The second-order valence-corrected chi connectivity index (χ2v) is 6.10. The van der Waals surface area contributed by atoms with Gasteiger partial charge in [-0.3, -0.25) is 4.79 Å². The maximum atomic E-state index is 12.6. The number of aromatic hydroxyl groups is 1. The molecule has 3 N–H and O–H groups in total. The average molecular weight is 292 g/mol. The van der Waals surface area contributed by atoms with Crippen molar-refractivity contribution in [3.63, 3.8) is 0 Å². The molecule has 0 saturated carbocycles. The minimum Gasteiger partial charge on any atom is -0.506 e. The lowest BCUT2D eigenvalue weighted by Gasteiger charge is -2.36. The van der Waals surface area contributed by atoms with E-state index in [0.717, 1.165) is 25.9 Å². The minimum absolute atomic E-state index is 0.0433. The summed E-state index contributed by atoms with van der Waals surface area (Å²) in [6.07, 6.45) is 2.13. The van der Waals surface area contributed by atoms with Gasteiger partial charge in [0.1, 0.15) is 11.5 Å². The van der Waals surface area contributed by atoms with E-state index < -0.39 is 5.41 Å². The summed E-state index contributed by atoms with van der Waals surface area (Å²) in [4.78, 5) is 12.6. The van der Waals surface area contributed by atoms with E-state index in [9.17, 15) is 9.90 Å². The molecule has 1 unspecified atom stereocenters. The summed E-state index contributed by atoms with van der Waals surface area (Å²) in [5, 5.41) is 16.0. The quantitative estimate of drug-likeness (QED) is 0.745. The highest BCUT2D eigenvalue weighted by Crippen LogP contribution is 2.35. The molecule has 1 aromatic carbocycles. The number of carbonyl (C=O) groups excluding carboxylic acids is 1. The van der Waals surface area contributed by atoms with E-state index in [0.29, 0.717) is 17.4 Å².